The first-order valence-corrected chi connectivity index (χ1v) is 7.52. The van der Waals surface area contributed by atoms with Crippen molar-refractivity contribution in [3.8, 4) is 0 Å². The number of esters is 1. The number of hydrogen-bond donors (Lipinski definition) is 2. The summed E-state index contributed by atoms with van der Waals surface area (Å²) in [5.41, 5.74) is 0. The minimum Gasteiger partial charge on any atom is -0.469 e. The molecule has 1 aliphatic heterocycles. The van der Waals surface area contributed by atoms with Gasteiger partial charge in [0.15, 0.2) is 0 Å². The van der Waals surface area contributed by atoms with Gasteiger partial charge in [-0.2, -0.15) is 0 Å². The van der Waals surface area contributed by atoms with Crippen molar-refractivity contribution in [3.05, 3.63) is 5.01 Å². The fourth-order valence-corrected chi connectivity index (χ4v) is 2.60. The Morgan fingerprint density at radius 3 is 3.10 bits per heavy atom. The van der Waals surface area contributed by atoms with E-state index in [0.717, 1.165) is 5.01 Å². The predicted octanol–water partition coefficient (Wildman–Crippen LogP) is -0.0393. The predicted molar refractivity (Wildman–Crippen MR) is 76.1 cm³/mol. The zero-order chi connectivity index (χ0) is 15.1. The van der Waals surface area contributed by atoms with Crippen molar-refractivity contribution in [2.45, 2.75) is 25.3 Å². The van der Waals surface area contributed by atoms with Gasteiger partial charge in [-0.15, -0.1) is 10.2 Å². The van der Waals surface area contributed by atoms with Gasteiger partial charge in [0.25, 0.3) is 0 Å². The number of morpholine rings is 1. The summed E-state index contributed by atoms with van der Waals surface area (Å²) in [5.74, 6) is -0.414. The lowest BCUT2D eigenvalue weighted by molar-refractivity contribution is -0.140. The van der Waals surface area contributed by atoms with Gasteiger partial charge in [-0.3, -0.25) is 14.9 Å². The molecule has 2 N–H and O–H groups in total. The van der Waals surface area contributed by atoms with Crippen molar-refractivity contribution in [2.24, 2.45) is 0 Å². The number of carbonyl (C=O) groups is 2. The maximum absolute atomic E-state index is 11.9. The number of hydrogen-bond acceptors (Lipinski definition) is 8. The van der Waals surface area contributed by atoms with Gasteiger partial charge in [0.1, 0.15) is 11.0 Å². The molecule has 9 heteroatoms. The Bertz CT molecular complexity index is 487. The van der Waals surface area contributed by atoms with E-state index in [9.17, 15) is 9.59 Å². The normalized spacial score (nSPS) is 18.2. The highest BCUT2D eigenvalue weighted by Crippen LogP contribution is 2.17. The minimum absolute atomic E-state index is 0.174. The van der Waals surface area contributed by atoms with Crippen molar-refractivity contribution in [3.63, 3.8) is 0 Å². The third kappa shape index (κ3) is 5.03. The first kappa shape index (κ1) is 15.8. The first-order valence-electron chi connectivity index (χ1n) is 6.70. The fraction of sp³-hybridized carbons (Fsp3) is 0.667. The Kier molecular flexibility index (Phi) is 6.03. The number of amides is 1. The van der Waals surface area contributed by atoms with E-state index < -0.39 is 0 Å². The van der Waals surface area contributed by atoms with Crippen molar-refractivity contribution in [1.82, 2.24) is 15.5 Å². The van der Waals surface area contributed by atoms with Gasteiger partial charge in [0.2, 0.25) is 11.0 Å². The van der Waals surface area contributed by atoms with Crippen LogP contribution in [0.4, 0.5) is 5.13 Å². The van der Waals surface area contributed by atoms with Crippen LogP contribution in [0.15, 0.2) is 0 Å². The molecular weight excluding hydrogens is 296 g/mol. The average molecular weight is 314 g/mol. The lowest BCUT2D eigenvalue weighted by atomic mass is 10.2. The van der Waals surface area contributed by atoms with Crippen LogP contribution in [0.5, 0.6) is 0 Å². The monoisotopic (exact) mass is 314 g/mol. The van der Waals surface area contributed by atoms with Gasteiger partial charge in [0.05, 0.1) is 20.3 Å². The van der Waals surface area contributed by atoms with Crippen LogP contribution in [0, 0.1) is 0 Å². The molecule has 0 radical (unpaired) electrons. The van der Waals surface area contributed by atoms with Gasteiger partial charge in [-0.25, -0.2) is 0 Å². The third-order valence-electron chi connectivity index (χ3n) is 2.93. The number of methoxy groups -OCH3 is 1. The molecule has 0 aliphatic carbocycles. The molecule has 1 aliphatic rings. The van der Waals surface area contributed by atoms with Crippen LogP contribution >= 0.6 is 11.3 Å². The van der Waals surface area contributed by atoms with Crippen molar-refractivity contribution < 1.29 is 19.1 Å². The van der Waals surface area contributed by atoms with Crippen LogP contribution in [0.2, 0.25) is 0 Å². The Morgan fingerprint density at radius 1 is 1.52 bits per heavy atom. The number of carbonyl (C=O) groups excluding carboxylic acids is 2. The highest BCUT2D eigenvalue weighted by Gasteiger charge is 2.22. The Balaban J connectivity index is 1.76. The molecule has 0 spiro atoms. The van der Waals surface area contributed by atoms with Crippen molar-refractivity contribution in [2.75, 3.05) is 32.2 Å². The Hall–Kier alpha value is -1.58. The number of ether oxygens (including phenoxy) is 2. The Labute approximate surface area is 126 Å². The molecular formula is C12H18N4O4S. The molecule has 0 bridgehead atoms. The second-order valence-corrected chi connectivity index (χ2v) is 5.56. The second-order valence-electron chi connectivity index (χ2n) is 4.50. The number of nitrogens with zero attached hydrogens (tertiary/aromatic N) is 2. The topological polar surface area (TPSA) is 102 Å². The number of aromatic nitrogens is 2. The molecule has 2 rings (SSSR count). The number of aryl methyl sites for hydroxylation is 1. The van der Waals surface area contributed by atoms with Crippen LogP contribution in [-0.4, -0.2) is 55.0 Å². The molecule has 1 saturated heterocycles. The SMILES string of the molecule is COC(=O)CCCc1nnc(NC(=O)C2COCCN2)s1. The maximum atomic E-state index is 11.9. The van der Waals surface area contributed by atoms with Gasteiger partial charge in [0, 0.05) is 19.4 Å². The maximum Gasteiger partial charge on any atom is 0.305 e. The minimum atomic E-state index is -0.356. The van der Waals surface area contributed by atoms with E-state index in [1.807, 2.05) is 0 Å². The Morgan fingerprint density at radius 2 is 2.38 bits per heavy atom. The largest absolute Gasteiger partial charge is 0.469 e. The summed E-state index contributed by atoms with van der Waals surface area (Å²) in [4.78, 5) is 22.9. The zero-order valence-electron chi connectivity index (χ0n) is 11.8. The van der Waals surface area contributed by atoms with E-state index in [-0.39, 0.29) is 17.9 Å². The average Bonchev–Trinajstić information content (AvgIpc) is 2.95. The van der Waals surface area contributed by atoms with E-state index in [2.05, 4.69) is 25.6 Å². The van der Waals surface area contributed by atoms with Crippen LogP contribution in [0.1, 0.15) is 17.8 Å². The first-order chi connectivity index (χ1) is 10.2. The number of rotatable bonds is 6. The second kappa shape index (κ2) is 8.01. The lowest BCUT2D eigenvalue weighted by Gasteiger charge is -2.22. The van der Waals surface area contributed by atoms with Gasteiger partial charge in [-0.1, -0.05) is 11.3 Å². The van der Waals surface area contributed by atoms with E-state index in [0.29, 0.717) is 44.2 Å². The summed E-state index contributed by atoms with van der Waals surface area (Å²) in [6, 6.07) is -0.356. The molecule has 0 saturated carbocycles. The van der Waals surface area contributed by atoms with E-state index in [1.165, 1.54) is 18.4 Å². The molecule has 1 aromatic rings. The highest BCUT2D eigenvalue weighted by atomic mass is 32.1. The molecule has 116 valence electrons. The van der Waals surface area contributed by atoms with Crippen molar-refractivity contribution >= 4 is 28.3 Å². The highest BCUT2D eigenvalue weighted by molar-refractivity contribution is 7.15. The molecule has 1 atom stereocenters. The molecule has 1 fully saturated rings. The summed E-state index contributed by atoms with van der Waals surface area (Å²) < 4.78 is 9.80. The molecule has 1 aromatic heterocycles. The lowest BCUT2D eigenvalue weighted by Crippen LogP contribution is -2.48. The molecule has 2 heterocycles. The molecule has 8 nitrogen and oxygen atoms in total. The van der Waals surface area contributed by atoms with Crippen LogP contribution < -0.4 is 10.6 Å². The summed E-state index contributed by atoms with van der Waals surface area (Å²) in [7, 11) is 1.37. The number of nitrogens with one attached hydrogen (secondary N) is 2. The fourth-order valence-electron chi connectivity index (χ4n) is 1.82. The summed E-state index contributed by atoms with van der Waals surface area (Å²) in [6.07, 6.45) is 1.63. The smallest absolute Gasteiger partial charge is 0.305 e. The molecule has 1 amide bonds. The third-order valence-corrected chi connectivity index (χ3v) is 3.83. The number of anilines is 1. The molecule has 0 aromatic carbocycles. The summed E-state index contributed by atoms with van der Waals surface area (Å²) >= 11 is 1.31. The zero-order valence-corrected chi connectivity index (χ0v) is 12.6. The van der Waals surface area contributed by atoms with Crippen LogP contribution in [-0.2, 0) is 25.5 Å². The molecule has 1 unspecified atom stereocenters. The van der Waals surface area contributed by atoms with E-state index in [4.69, 9.17) is 4.74 Å². The quantitative estimate of drug-likeness (QED) is 0.710. The molecule has 21 heavy (non-hydrogen) atoms. The summed E-state index contributed by atoms with van der Waals surface area (Å²) in [6.45, 7) is 1.64. The van der Waals surface area contributed by atoms with E-state index >= 15 is 0 Å². The van der Waals surface area contributed by atoms with Crippen LogP contribution in [0.25, 0.3) is 0 Å². The van der Waals surface area contributed by atoms with Gasteiger partial charge in [-0.05, 0) is 6.42 Å². The van der Waals surface area contributed by atoms with Crippen LogP contribution in [0.3, 0.4) is 0 Å². The van der Waals surface area contributed by atoms with E-state index in [1.54, 1.807) is 0 Å². The van der Waals surface area contributed by atoms with Crippen molar-refractivity contribution in [1.29, 1.82) is 0 Å². The van der Waals surface area contributed by atoms with Gasteiger partial charge >= 0.3 is 5.97 Å². The standard InChI is InChI=1S/C12H18N4O4S/c1-19-10(17)4-2-3-9-15-16-12(21-9)14-11(18)8-7-20-6-5-13-8/h8,13H,2-7H2,1H3,(H,14,16,18). The summed E-state index contributed by atoms with van der Waals surface area (Å²) in [5, 5.41) is 14.9. The van der Waals surface area contributed by atoms with Gasteiger partial charge < -0.3 is 14.8 Å².